The zero-order valence-electron chi connectivity index (χ0n) is 8.96. The van der Waals surface area contributed by atoms with Crippen molar-refractivity contribution in [1.29, 1.82) is 0 Å². The molecule has 0 aliphatic carbocycles. The summed E-state index contributed by atoms with van der Waals surface area (Å²) in [7, 11) is 0. The zero-order valence-corrected chi connectivity index (χ0v) is 8.96. The molecular weight excluding hydrogens is 198 g/mol. The van der Waals surface area contributed by atoms with Gasteiger partial charge >= 0.3 is 0 Å². The van der Waals surface area contributed by atoms with Crippen LogP contribution in [-0.2, 0) is 0 Å². The summed E-state index contributed by atoms with van der Waals surface area (Å²) < 4.78 is 1.79. The van der Waals surface area contributed by atoms with Crippen LogP contribution in [0.1, 0.15) is 5.56 Å². The molecular formula is C13H11N3. The van der Waals surface area contributed by atoms with E-state index < -0.39 is 0 Å². The Morgan fingerprint density at radius 2 is 1.81 bits per heavy atom. The van der Waals surface area contributed by atoms with Crippen LogP contribution in [0.3, 0.4) is 0 Å². The third-order valence-corrected chi connectivity index (χ3v) is 2.66. The molecule has 0 aliphatic heterocycles. The number of hydrogen-bond acceptors (Lipinski definition) is 2. The highest BCUT2D eigenvalue weighted by Gasteiger charge is 2.04. The van der Waals surface area contributed by atoms with Gasteiger partial charge in [-0.1, -0.05) is 29.8 Å². The number of imidazole rings is 1. The van der Waals surface area contributed by atoms with E-state index in [9.17, 15) is 0 Å². The minimum absolute atomic E-state index is 0.895. The van der Waals surface area contributed by atoms with Crippen molar-refractivity contribution in [3.63, 3.8) is 0 Å². The van der Waals surface area contributed by atoms with E-state index in [-0.39, 0.29) is 0 Å². The first-order chi connectivity index (χ1) is 7.84. The maximum Gasteiger partial charge on any atom is 0.161 e. The number of rotatable bonds is 1. The zero-order chi connectivity index (χ0) is 11.0. The Bertz CT molecular complexity index is 623. The predicted molar refractivity (Wildman–Crippen MR) is 63.2 cm³/mol. The SMILES string of the molecule is Cc1ccc(-c2ccnn3ccnc23)cc1. The molecule has 0 aliphatic rings. The summed E-state index contributed by atoms with van der Waals surface area (Å²) in [6.45, 7) is 2.08. The smallest absolute Gasteiger partial charge is 0.161 e. The molecule has 0 atom stereocenters. The topological polar surface area (TPSA) is 30.2 Å². The van der Waals surface area contributed by atoms with Gasteiger partial charge in [-0.05, 0) is 18.6 Å². The first-order valence-corrected chi connectivity index (χ1v) is 5.20. The average molecular weight is 209 g/mol. The van der Waals surface area contributed by atoms with Crippen LogP contribution in [0.5, 0.6) is 0 Å². The second-order valence-corrected chi connectivity index (χ2v) is 3.81. The quantitative estimate of drug-likeness (QED) is 0.616. The molecule has 3 rings (SSSR count). The van der Waals surface area contributed by atoms with E-state index in [2.05, 4.69) is 41.3 Å². The van der Waals surface area contributed by atoms with Crippen LogP contribution in [0, 0.1) is 6.92 Å². The maximum absolute atomic E-state index is 4.32. The van der Waals surface area contributed by atoms with Crippen molar-refractivity contribution in [2.75, 3.05) is 0 Å². The number of fused-ring (bicyclic) bond motifs is 1. The lowest BCUT2D eigenvalue weighted by Gasteiger charge is -2.03. The fourth-order valence-corrected chi connectivity index (χ4v) is 1.80. The van der Waals surface area contributed by atoms with E-state index in [1.807, 2.05) is 12.3 Å². The highest BCUT2D eigenvalue weighted by atomic mass is 15.2. The van der Waals surface area contributed by atoms with Crippen molar-refractivity contribution in [3.05, 3.63) is 54.5 Å². The molecule has 3 aromatic rings. The Morgan fingerprint density at radius 3 is 2.62 bits per heavy atom. The molecule has 0 spiro atoms. The summed E-state index contributed by atoms with van der Waals surface area (Å²) in [4.78, 5) is 4.32. The second kappa shape index (κ2) is 3.45. The summed E-state index contributed by atoms with van der Waals surface area (Å²) in [5.74, 6) is 0. The van der Waals surface area contributed by atoms with Crippen LogP contribution >= 0.6 is 0 Å². The Morgan fingerprint density at radius 1 is 1.00 bits per heavy atom. The first-order valence-electron chi connectivity index (χ1n) is 5.20. The molecule has 0 amide bonds. The van der Waals surface area contributed by atoms with Crippen molar-refractivity contribution in [2.24, 2.45) is 0 Å². The first kappa shape index (κ1) is 9.09. The fraction of sp³-hybridized carbons (Fsp3) is 0.0769. The van der Waals surface area contributed by atoms with Gasteiger partial charge in [-0.25, -0.2) is 9.50 Å². The monoisotopic (exact) mass is 209 g/mol. The van der Waals surface area contributed by atoms with E-state index in [0.717, 1.165) is 11.2 Å². The highest BCUT2D eigenvalue weighted by Crippen LogP contribution is 2.22. The summed E-state index contributed by atoms with van der Waals surface area (Å²) in [5.41, 5.74) is 4.44. The van der Waals surface area contributed by atoms with Gasteiger partial charge < -0.3 is 0 Å². The van der Waals surface area contributed by atoms with Gasteiger partial charge in [-0.15, -0.1) is 0 Å². The van der Waals surface area contributed by atoms with Gasteiger partial charge in [-0.2, -0.15) is 5.10 Å². The molecule has 3 nitrogen and oxygen atoms in total. The van der Waals surface area contributed by atoms with E-state index in [1.54, 1.807) is 16.9 Å². The highest BCUT2D eigenvalue weighted by molar-refractivity contribution is 5.76. The van der Waals surface area contributed by atoms with Crippen LogP contribution in [0.4, 0.5) is 0 Å². The summed E-state index contributed by atoms with van der Waals surface area (Å²) >= 11 is 0. The lowest BCUT2D eigenvalue weighted by Crippen LogP contribution is -1.91. The van der Waals surface area contributed by atoms with Crippen molar-refractivity contribution >= 4 is 5.65 Å². The molecule has 0 bridgehead atoms. The molecule has 2 heterocycles. The van der Waals surface area contributed by atoms with Gasteiger partial charge in [0, 0.05) is 24.2 Å². The van der Waals surface area contributed by atoms with Crippen LogP contribution in [-0.4, -0.2) is 14.6 Å². The minimum atomic E-state index is 0.895. The lowest BCUT2D eigenvalue weighted by atomic mass is 10.1. The molecule has 0 fully saturated rings. The molecule has 0 saturated carbocycles. The number of aromatic nitrogens is 3. The number of hydrogen-bond donors (Lipinski definition) is 0. The van der Waals surface area contributed by atoms with Crippen LogP contribution in [0.25, 0.3) is 16.8 Å². The number of aryl methyl sites for hydroxylation is 1. The molecule has 0 unspecified atom stereocenters. The minimum Gasteiger partial charge on any atom is -0.235 e. The Hall–Kier alpha value is -2.16. The van der Waals surface area contributed by atoms with E-state index >= 15 is 0 Å². The maximum atomic E-state index is 4.32. The van der Waals surface area contributed by atoms with E-state index in [1.165, 1.54) is 11.1 Å². The predicted octanol–water partition coefficient (Wildman–Crippen LogP) is 2.70. The lowest BCUT2D eigenvalue weighted by molar-refractivity contribution is 0.937. The summed E-state index contributed by atoms with van der Waals surface area (Å²) in [6.07, 6.45) is 5.41. The molecule has 0 saturated heterocycles. The largest absolute Gasteiger partial charge is 0.235 e. The van der Waals surface area contributed by atoms with Gasteiger partial charge in [0.25, 0.3) is 0 Å². The summed E-state index contributed by atoms with van der Waals surface area (Å²) in [6, 6.07) is 10.4. The Balaban J connectivity index is 2.25. The fourth-order valence-electron chi connectivity index (χ4n) is 1.80. The van der Waals surface area contributed by atoms with Crippen molar-refractivity contribution in [2.45, 2.75) is 6.92 Å². The van der Waals surface area contributed by atoms with Crippen molar-refractivity contribution < 1.29 is 0 Å². The normalized spacial score (nSPS) is 10.8. The molecule has 78 valence electrons. The van der Waals surface area contributed by atoms with Gasteiger partial charge in [0.2, 0.25) is 0 Å². The van der Waals surface area contributed by atoms with Gasteiger partial charge in [-0.3, -0.25) is 0 Å². The third-order valence-electron chi connectivity index (χ3n) is 2.66. The van der Waals surface area contributed by atoms with Gasteiger partial charge in [0.15, 0.2) is 5.65 Å². The van der Waals surface area contributed by atoms with E-state index in [4.69, 9.17) is 0 Å². The molecule has 0 N–H and O–H groups in total. The van der Waals surface area contributed by atoms with Crippen LogP contribution < -0.4 is 0 Å². The summed E-state index contributed by atoms with van der Waals surface area (Å²) in [5, 5.41) is 4.20. The molecule has 3 heteroatoms. The standard InChI is InChI=1S/C13H11N3/c1-10-2-4-11(5-3-10)12-6-7-15-16-9-8-14-13(12)16/h2-9H,1H3. The molecule has 16 heavy (non-hydrogen) atoms. The third kappa shape index (κ3) is 1.37. The Labute approximate surface area is 93.4 Å². The second-order valence-electron chi connectivity index (χ2n) is 3.81. The Kier molecular flexibility index (Phi) is 1.96. The van der Waals surface area contributed by atoms with Crippen LogP contribution in [0.15, 0.2) is 48.9 Å². The van der Waals surface area contributed by atoms with E-state index in [0.29, 0.717) is 0 Å². The van der Waals surface area contributed by atoms with Crippen LogP contribution in [0.2, 0.25) is 0 Å². The molecule has 1 aromatic carbocycles. The average Bonchev–Trinajstić information content (AvgIpc) is 2.78. The number of benzene rings is 1. The van der Waals surface area contributed by atoms with Crippen molar-refractivity contribution in [3.8, 4) is 11.1 Å². The van der Waals surface area contributed by atoms with Gasteiger partial charge in [0.1, 0.15) is 0 Å². The molecule has 2 aromatic heterocycles. The number of nitrogens with zero attached hydrogens (tertiary/aromatic N) is 3. The van der Waals surface area contributed by atoms with Gasteiger partial charge in [0.05, 0.1) is 0 Å². The molecule has 0 radical (unpaired) electrons. The van der Waals surface area contributed by atoms with Crippen molar-refractivity contribution in [1.82, 2.24) is 14.6 Å².